The summed E-state index contributed by atoms with van der Waals surface area (Å²) in [6.07, 6.45) is 2.56. The number of aliphatic carboxylic acids is 1. The number of pyridine rings is 1. The van der Waals surface area contributed by atoms with Crippen LogP contribution >= 0.6 is 0 Å². The van der Waals surface area contributed by atoms with E-state index in [1.54, 1.807) is 12.1 Å². The molecule has 0 fully saturated rings. The predicted octanol–water partition coefficient (Wildman–Crippen LogP) is 4.30. The van der Waals surface area contributed by atoms with E-state index in [1.807, 2.05) is 36.4 Å². The Kier molecular flexibility index (Phi) is 6.01. The quantitative estimate of drug-likeness (QED) is 0.577. The Labute approximate surface area is 201 Å². The fourth-order valence-electron chi connectivity index (χ4n) is 4.62. The van der Waals surface area contributed by atoms with Crippen molar-refractivity contribution in [3.8, 4) is 11.1 Å². The molecule has 0 unspecified atom stereocenters. The molecule has 8 heteroatoms. The number of carbonyl (C=O) groups is 3. The van der Waals surface area contributed by atoms with Crippen LogP contribution in [0.15, 0.2) is 78.5 Å². The summed E-state index contributed by atoms with van der Waals surface area (Å²) in [6.45, 7) is 0.581. The Morgan fingerprint density at radius 2 is 1.69 bits per heavy atom. The fourth-order valence-corrected chi connectivity index (χ4v) is 4.62. The van der Waals surface area contributed by atoms with E-state index in [0.717, 1.165) is 22.3 Å². The zero-order valence-electron chi connectivity index (χ0n) is 18.8. The van der Waals surface area contributed by atoms with Crippen LogP contribution in [0.3, 0.4) is 0 Å². The number of nitrogens with one attached hydrogen (secondary N) is 1. The largest absolute Gasteiger partial charge is 0.478 e. The summed E-state index contributed by atoms with van der Waals surface area (Å²) in [6, 6.07) is 19.4. The standard InChI is InChI=1S/C27H23N3O5/c31-25(30-14-11-17(12-15-30)26(32)33)24-23(10-5-13-28-24)29-27(34)35-16-22-20-8-3-1-6-18(20)19-7-2-4-9-21(19)22/h1-11,13,22H,12,14-16H2,(H,29,34)(H,32,33). The maximum absolute atomic E-state index is 13.0. The van der Waals surface area contributed by atoms with E-state index in [4.69, 9.17) is 9.84 Å². The van der Waals surface area contributed by atoms with Crippen LogP contribution in [0.5, 0.6) is 0 Å². The number of carboxylic acids is 1. The first-order valence-electron chi connectivity index (χ1n) is 11.3. The van der Waals surface area contributed by atoms with Crippen LogP contribution in [-0.4, -0.2) is 52.7 Å². The average Bonchev–Trinajstić information content (AvgIpc) is 3.21. The molecule has 0 bridgehead atoms. The Bertz CT molecular complexity index is 1300. The van der Waals surface area contributed by atoms with Crippen molar-refractivity contribution in [1.82, 2.24) is 9.88 Å². The molecule has 1 aliphatic heterocycles. The molecule has 3 aromatic rings. The van der Waals surface area contributed by atoms with Crippen molar-refractivity contribution < 1.29 is 24.2 Å². The molecule has 0 saturated heterocycles. The van der Waals surface area contributed by atoms with Crippen LogP contribution in [0.4, 0.5) is 10.5 Å². The highest BCUT2D eigenvalue weighted by Gasteiger charge is 2.29. The maximum atomic E-state index is 13.0. The third kappa shape index (κ3) is 4.38. The molecule has 2 aliphatic rings. The summed E-state index contributed by atoms with van der Waals surface area (Å²) in [5.74, 6) is -1.44. The average molecular weight is 469 g/mol. The Morgan fingerprint density at radius 3 is 2.31 bits per heavy atom. The van der Waals surface area contributed by atoms with Gasteiger partial charge in [0.25, 0.3) is 5.91 Å². The highest BCUT2D eigenvalue weighted by Crippen LogP contribution is 2.44. The number of carbonyl (C=O) groups excluding carboxylic acids is 2. The normalized spacial score (nSPS) is 14.5. The first kappa shape index (κ1) is 22.3. The van der Waals surface area contributed by atoms with Gasteiger partial charge in [-0.3, -0.25) is 10.1 Å². The SMILES string of the molecule is O=C(Nc1cccnc1C(=O)N1CC=C(C(=O)O)CC1)OCC1c2ccccc2-c2ccccc21. The van der Waals surface area contributed by atoms with Crippen molar-refractivity contribution in [1.29, 1.82) is 0 Å². The van der Waals surface area contributed by atoms with Crippen LogP contribution < -0.4 is 5.32 Å². The van der Waals surface area contributed by atoms with Crippen molar-refractivity contribution in [2.24, 2.45) is 0 Å². The summed E-state index contributed by atoms with van der Waals surface area (Å²) in [5, 5.41) is 11.8. The number of anilines is 1. The first-order valence-corrected chi connectivity index (χ1v) is 11.3. The number of aromatic nitrogens is 1. The molecule has 0 atom stereocenters. The van der Waals surface area contributed by atoms with Crippen molar-refractivity contribution in [2.75, 3.05) is 25.0 Å². The minimum Gasteiger partial charge on any atom is -0.478 e. The van der Waals surface area contributed by atoms with Gasteiger partial charge in [0.05, 0.1) is 5.69 Å². The summed E-state index contributed by atoms with van der Waals surface area (Å²) in [4.78, 5) is 42.5. The second-order valence-electron chi connectivity index (χ2n) is 8.39. The maximum Gasteiger partial charge on any atom is 0.411 e. The molecule has 0 saturated carbocycles. The molecule has 1 aromatic heterocycles. The number of ether oxygens (including phenoxy) is 1. The minimum atomic E-state index is -0.979. The zero-order chi connectivity index (χ0) is 24.4. The predicted molar refractivity (Wildman–Crippen MR) is 129 cm³/mol. The van der Waals surface area contributed by atoms with Crippen LogP contribution in [0.25, 0.3) is 11.1 Å². The van der Waals surface area contributed by atoms with Crippen molar-refractivity contribution >= 4 is 23.7 Å². The number of fused-ring (bicyclic) bond motifs is 3. The van der Waals surface area contributed by atoms with Gasteiger partial charge in [-0.05, 0) is 40.8 Å². The van der Waals surface area contributed by atoms with Gasteiger partial charge in [0.1, 0.15) is 6.61 Å². The molecule has 2 amide bonds. The Hall–Kier alpha value is -4.46. The van der Waals surface area contributed by atoms with E-state index in [-0.39, 0.29) is 54.9 Å². The lowest BCUT2D eigenvalue weighted by Gasteiger charge is -2.25. The van der Waals surface area contributed by atoms with E-state index in [9.17, 15) is 14.4 Å². The monoisotopic (exact) mass is 469 g/mol. The number of amides is 2. The van der Waals surface area contributed by atoms with Crippen LogP contribution in [-0.2, 0) is 9.53 Å². The number of hydrogen-bond acceptors (Lipinski definition) is 5. The highest BCUT2D eigenvalue weighted by atomic mass is 16.5. The van der Waals surface area contributed by atoms with Gasteiger partial charge in [0.2, 0.25) is 0 Å². The second-order valence-corrected chi connectivity index (χ2v) is 8.39. The number of benzene rings is 2. The highest BCUT2D eigenvalue weighted by molar-refractivity contribution is 6.01. The van der Waals surface area contributed by atoms with Crippen molar-refractivity contribution in [3.05, 3.63) is 95.3 Å². The molecule has 2 aromatic carbocycles. The van der Waals surface area contributed by atoms with E-state index < -0.39 is 12.1 Å². The van der Waals surface area contributed by atoms with Gasteiger partial charge in [0, 0.05) is 30.8 Å². The number of nitrogens with zero attached hydrogens (tertiary/aromatic N) is 2. The van der Waals surface area contributed by atoms with Gasteiger partial charge in [-0.15, -0.1) is 0 Å². The summed E-state index contributed by atoms with van der Waals surface area (Å²) in [7, 11) is 0. The fraction of sp³-hybridized carbons (Fsp3) is 0.185. The third-order valence-electron chi connectivity index (χ3n) is 6.36. The van der Waals surface area contributed by atoms with Crippen LogP contribution in [0, 0.1) is 0 Å². The summed E-state index contributed by atoms with van der Waals surface area (Å²) >= 11 is 0. The van der Waals surface area contributed by atoms with Gasteiger partial charge in [-0.1, -0.05) is 54.6 Å². The number of carboxylic acid groups (broad SMARTS) is 1. The molecule has 2 N–H and O–H groups in total. The number of hydrogen-bond donors (Lipinski definition) is 2. The van der Waals surface area contributed by atoms with Gasteiger partial charge >= 0.3 is 12.1 Å². The number of rotatable bonds is 5. The van der Waals surface area contributed by atoms with Gasteiger partial charge in [0.15, 0.2) is 5.69 Å². The molecule has 1 aliphatic carbocycles. The van der Waals surface area contributed by atoms with Crippen molar-refractivity contribution in [3.63, 3.8) is 0 Å². The summed E-state index contributed by atoms with van der Waals surface area (Å²) in [5.41, 5.74) is 5.09. The molecule has 5 rings (SSSR count). The molecule has 0 radical (unpaired) electrons. The van der Waals surface area contributed by atoms with Gasteiger partial charge in [-0.25, -0.2) is 14.6 Å². The molecular weight excluding hydrogens is 446 g/mol. The molecule has 0 spiro atoms. The van der Waals surface area contributed by atoms with Crippen molar-refractivity contribution in [2.45, 2.75) is 12.3 Å². The van der Waals surface area contributed by atoms with Crippen LogP contribution in [0.1, 0.15) is 34.0 Å². The van der Waals surface area contributed by atoms with Gasteiger partial charge in [-0.2, -0.15) is 0 Å². The third-order valence-corrected chi connectivity index (χ3v) is 6.36. The molecule has 35 heavy (non-hydrogen) atoms. The van der Waals surface area contributed by atoms with Gasteiger partial charge < -0.3 is 14.7 Å². The lowest BCUT2D eigenvalue weighted by atomic mass is 9.98. The first-order chi connectivity index (χ1) is 17.0. The molecular formula is C27H23N3O5. The van der Waals surface area contributed by atoms with E-state index in [1.165, 1.54) is 17.2 Å². The zero-order valence-corrected chi connectivity index (χ0v) is 18.8. The molecule has 8 nitrogen and oxygen atoms in total. The van der Waals surface area contributed by atoms with E-state index in [0.29, 0.717) is 0 Å². The van der Waals surface area contributed by atoms with E-state index in [2.05, 4.69) is 22.4 Å². The lowest BCUT2D eigenvalue weighted by molar-refractivity contribution is -0.133. The van der Waals surface area contributed by atoms with E-state index >= 15 is 0 Å². The minimum absolute atomic E-state index is 0.0770. The second kappa shape index (κ2) is 9.42. The molecule has 176 valence electrons. The Morgan fingerprint density at radius 1 is 1.00 bits per heavy atom. The smallest absolute Gasteiger partial charge is 0.411 e. The molecule has 2 heterocycles. The lowest BCUT2D eigenvalue weighted by Crippen LogP contribution is -2.36. The van der Waals surface area contributed by atoms with Crippen LogP contribution in [0.2, 0.25) is 0 Å². The topological polar surface area (TPSA) is 109 Å². The summed E-state index contributed by atoms with van der Waals surface area (Å²) < 4.78 is 5.59. The Balaban J connectivity index is 1.27.